The Kier molecular flexibility index (Phi) is 12.4. The average Bonchev–Trinajstić information content (AvgIpc) is 2.82. The fourth-order valence-corrected chi connectivity index (χ4v) is 4.28. The van der Waals surface area contributed by atoms with Crippen molar-refractivity contribution in [2.24, 2.45) is 17.4 Å². The van der Waals surface area contributed by atoms with E-state index in [1.54, 1.807) is 12.1 Å². The first kappa shape index (κ1) is 30.6. The molecule has 0 radical (unpaired) electrons. The van der Waals surface area contributed by atoms with Crippen LogP contribution in [0.3, 0.4) is 0 Å². The quantitative estimate of drug-likeness (QED) is 0.340. The van der Waals surface area contributed by atoms with Gasteiger partial charge in [-0.05, 0) is 59.2 Å². The lowest BCUT2D eigenvalue weighted by Crippen LogP contribution is -2.17. The lowest BCUT2D eigenvalue weighted by molar-refractivity contribution is 0.0485. The summed E-state index contributed by atoms with van der Waals surface area (Å²) >= 11 is 0. The Morgan fingerprint density at radius 1 is 0.943 bits per heavy atom. The number of rotatable bonds is 9. The highest BCUT2D eigenvalue weighted by atomic mass is 35.5. The molecular formula is C28H37Cl2N3O2. The van der Waals surface area contributed by atoms with Crippen molar-refractivity contribution >= 4 is 30.8 Å². The van der Waals surface area contributed by atoms with Crippen LogP contribution in [-0.2, 0) is 24.2 Å². The number of carbonyl (C=O) groups is 1. The molecule has 3 aromatic rings. The fourth-order valence-electron chi connectivity index (χ4n) is 4.28. The lowest BCUT2D eigenvalue weighted by Gasteiger charge is -2.24. The van der Waals surface area contributed by atoms with Gasteiger partial charge in [-0.2, -0.15) is 0 Å². The number of ether oxygens (including phenoxy) is 1. The van der Waals surface area contributed by atoms with Gasteiger partial charge in [-0.15, -0.1) is 24.8 Å². The maximum atomic E-state index is 12.5. The minimum absolute atomic E-state index is 0. The SMILES string of the molecule is Cc1nc(CC(C)C)c(CN)c(-c2ccc(CN)cc2)c1C(C)COC(=O)c1ccccc1.Cl.Cl. The molecule has 3 rings (SSSR count). The molecule has 0 saturated carbocycles. The van der Waals surface area contributed by atoms with Crippen LogP contribution < -0.4 is 11.5 Å². The van der Waals surface area contributed by atoms with E-state index < -0.39 is 0 Å². The molecule has 0 spiro atoms. The molecule has 2 aromatic carbocycles. The van der Waals surface area contributed by atoms with Crippen LogP contribution in [-0.4, -0.2) is 17.6 Å². The predicted molar refractivity (Wildman–Crippen MR) is 148 cm³/mol. The third kappa shape index (κ3) is 7.52. The van der Waals surface area contributed by atoms with Crippen molar-refractivity contribution < 1.29 is 9.53 Å². The molecule has 0 aliphatic rings. The third-order valence-electron chi connectivity index (χ3n) is 5.86. The Bertz CT molecular complexity index is 1090. The molecule has 0 bridgehead atoms. The molecular weight excluding hydrogens is 481 g/mol. The van der Waals surface area contributed by atoms with E-state index in [0.717, 1.165) is 45.6 Å². The van der Waals surface area contributed by atoms with Crippen molar-refractivity contribution in [1.29, 1.82) is 0 Å². The van der Waals surface area contributed by atoms with Crippen molar-refractivity contribution in [2.45, 2.75) is 53.1 Å². The Morgan fingerprint density at radius 2 is 1.57 bits per heavy atom. The van der Waals surface area contributed by atoms with Crippen molar-refractivity contribution in [3.8, 4) is 11.1 Å². The van der Waals surface area contributed by atoms with Crippen LogP contribution in [0.1, 0.15) is 65.1 Å². The van der Waals surface area contributed by atoms with E-state index in [4.69, 9.17) is 21.2 Å². The van der Waals surface area contributed by atoms with Gasteiger partial charge in [-0.1, -0.05) is 63.2 Å². The summed E-state index contributed by atoms with van der Waals surface area (Å²) in [5.41, 5.74) is 20.0. The predicted octanol–water partition coefficient (Wildman–Crippen LogP) is 5.98. The molecule has 4 N–H and O–H groups in total. The second-order valence-electron chi connectivity index (χ2n) is 8.98. The van der Waals surface area contributed by atoms with Gasteiger partial charge in [0.1, 0.15) is 0 Å². The summed E-state index contributed by atoms with van der Waals surface area (Å²) in [6.45, 7) is 9.63. The Labute approximate surface area is 221 Å². The highest BCUT2D eigenvalue weighted by Gasteiger charge is 2.23. The number of esters is 1. The van der Waals surface area contributed by atoms with E-state index in [2.05, 4.69) is 45.0 Å². The molecule has 0 amide bonds. The highest BCUT2D eigenvalue weighted by molar-refractivity contribution is 5.89. The van der Waals surface area contributed by atoms with Gasteiger partial charge in [0, 0.05) is 30.4 Å². The summed E-state index contributed by atoms with van der Waals surface area (Å²) in [7, 11) is 0. The van der Waals surface area contributed by atoms with Gasteiger partial charge in [0.2, 0.25) is 0 Å². The second kappa shape index (κ2) is 14.2. The van der Waals surface area contributed by atoms with Crippen molar-refractivity contribution in [3.05, 3.63) is 88.2 Å². The first-order valence-corrected chi connectivity index (χ1v) is 11.6. The number of nitrogens with two attached hydrogens (primary N) is 2. The minimum atomic E-state index is -0.322. The zero-order chi connectivity index (χ0) is 24.0. The topological polar surface area (TPSA) is 91.2 Å². The van der Waals surface area contributed by atoms with Crippen LogP contribution in [0.5, 0.6) is 0 Å². The molecule has 5 nitrogen and oxygen atoms in total. The molecule has 0 aliphatic carbocycles. The minimum Gasteiger partial charge on any atom is -0.461 e. The smallest absolute Gasteiger partial charge is 0.338 e. The molecule has 1 atom stereocenters. The van der Waals surface area contributed by atoms with Crippen LogP contribution in [0.15, 0.2) is 54.6 Å². The van der Waals surface area contributed by atoms with E-state index in [0.29, 0.717) is 24.6 Å². The number of aromatic nitrogens is 1. The Hall–Kier alpha value is -2.44. The molecule has 7 heteroatoms. The molecule has 35 heavy (non-hydrogen) atoms. The average molecular weight is 519 g/mol. The molecule has 190 valence electrons. The monoisotopic (exact) mass is 517 g/mol. The molecule has 0 aliphatic heterocycles. The second-order valence-corrected chi connectivity index (χ2v) is 8.98. The highest BCUT2D eigenvalue weighted by Crippen LogP contribution is 2.36. The number of halogens is 2. The summed E-state index contributed by atoms with van der Waals surface area (Å²) in [5.74, 6) is 0.0925. The lowest BCUT2D eigenvalue weighted by atomic mass is 9.85. The van der Waals surface area contributed by atoms with Crippen molar-refractivity contribution in [3.63, 3.8) is 0 Å². The third-order valence-corrected chi connectivity index (χ3v) is 5.86. The largest absolute Gasteiger partial charge is 0.461 e. The van der Waals surface area contributed by atoms with Gasteiger partial charge < -0.3 is 16.2 Å². The van der Waals surface area contributed by atoms with Crippen LogP contribution >= 0.6 is 24.8 Å². The Morgan fingerprint density at radius 3 is 2.11 bits per heavy atom. The zero-order valence-electron chi connectivity index (χ0n) is 20.9. The molecule has 1 unspecified atom stereocenters. The van der Waals surface area contributed by atoms with E-state index in [-0.39, 0.29) is 43.3 Å². The molecule has 0 fully saturated rings. The van der Waals surface area contributed by atoms with Gasteiger partial charge in [0.15, 0.2) is 0 Å². The standard InChI is InChI=1S/C28H35N3O2.2ClH/c1-18(2)14-25-24(16-30)27(22-12-10-21(15-29)11-13-22)26(20(4)31-25)19(3)17-33-28(32)23-8-6-5-7-9-23;;/h5-13,18-19H,14-17,29-30H2,1-4H3;2*1H. The summed E-state index contributed by atoms with van der Waals surface area (Å²) in [5, 5.41) is 0. The summed E-state index contributed by atoms with van der Waals surface area (Å²) in [6, 6.07) is 17.4. The maximum Gasteiger partial charge on any atom is 0.338 e. The van der Waals surface area contributed by atoms with Gasteiger partial charge in [0.25, 0.3) is 0 Å². The summed E-state index contributed by atoms with van der Waals surface area (Å²) < 4.78 is 5.68. The molecule has 1 heterocycles. The zero-order valence-corrected chi connectivity index (χ0v) is 22.5. The van der Waals surface area contributed by atoms with E-state index >= 15 is 0 Å². The van der Waals surface area contributed by atoms with E-state index in [1.807, 2.05) is 25.1 Å². The van der Waals surface area contributed by atoms with Gasteiger partial charge in [0.05, 0.1) is 12.2 Å². The van der Waals surface area contributed by atoms with Crippen LogP contribution in [0.4, 0.5) is 0 Å². The first-order chi connectivity index (χ1) is 15.8. The number of aryl methyl sites for hydroxylation is 1. The number of carbonyl (C=O) groups excluding carboxylic acids is 1. The first-order valence-electron chi connectivity index (χ1n) is 11.6. The van der Waals surface area contributed by atoms with Crippen LogP contribution in [0.2, 0.25) is 0 Å². The van der Waals surface area contributed by atoms with Gasteiger partial charge >= 0.3 is 5.97 Å². The summed E-state index contributed by atoms with van der Waals surface area (Å²) in [6.07, 6.45) is 0.860. The number of benzene rings is 2. The van der Waals surface area contributed by atoms with Gasteiger partial charge in [-0.25, -0.2) is 4.79 Å². The van der Waals surface area contributed by atoms with E-state index in [1.165, 1.54) is 0 Å². The van der Waals surface area contributed by atoms with Gasteiger partial charge in [-0.3, -0.25) is 4.98 Å². The Balaban J connectivity index is 0.00000306. The number of nitrogens with zero attached hydrogens (tertiary/aromatic N) is 1. The number of hydrogen-bond acceptors (Lipinski definition) is 5. The van der Waals surface area contributed by atoms with E-state index in [9.17, 15) is 4.79 Å². The van der Waals surface area contributed by atoms with Crippen molar-refractivity contribution in [1.82, 2.24) is 4.98 Å². The summed E-state index contributed by atoms with van der Waals surface area (Å²) in [4.78, 5) is 17.5. The molecule has 0 saturated heterocycles. The number of hydrogen-bond donors (Lipinski definition) is 2. The van der Waals surface area contributed by atoms with Crippen LogP contribution in [0, 0.1) is 12.8 Å². The normalized spacial score (nSPS) is 11.4. The maximum absolute atomic E-state index is 12.5. The number of pyridine rings is 1. The fraction of sp³-hybridized carbons (Fsp3) is 0.357. The van der Waals surface area contributed by atoms with Crippen molar-refractivity contribution in [2.75, 3.05) is 6.61 Å². The molecule has 1 aromatic heterocycles. The van der Waals surface area contributed by atoms with Crippen LogP contribution in [0.25, 0.3) is 11.1 Å².